The Bertz CT molecular complexity index is 1500. The number of nitrogens with one attached hydrogen (secondary N) is 2. The number of nitrogens with zero attached hydrogens (tertiary/aromatic N) is 5. The Balaban J connectivity index is 1.18. The lowest BCUT2D eigenvalue weighted by Crippen LogP contribution is -2.48. The van der Waals surface area contributed by atoms with Crippen molar-refractivity contribution in [2.45, 2.75) is 70.1 Å². The Hall–Kier alpha value is -4.64. The number of urea groups is 1. The minimum absolute atomic E-state index is 0.0744. The molecule has 2 aromatic heterocycles. The number of aryl methyl sites for hydroxylation is 1. The number of carbonyl (C=O) groups excluding carboxylic acids is 1. The molecule has 1 saturated carbocycles. The first-order valence-electron chi connectivity index (χ1n) is 14.6. The first-order chi connectivity index (χ1) is 20.2. The lowest BCUT2D eigenvalue weighted by Gasteiger charge is -2.37. The predicted molar refractivity (Wildman–Crippen MR) is 160 cm³/mol. The number of hydrogen-bond acceptors (Lipinski definition) is 5. The summed E-state index contributed by atoms with van der Waals surface area (Å²) in [6.07, 6.45) is 10.6. The summed E-state index contributed by atoms with van der Waals surface area (Å²) >= 11 is 0. The number of rotatable bonds is 7. The van der Waals surface area contributed by atoms with E-state index >= 15 is 0 Å². The van der Waals surface area contributed by atoms with Crippen LogP contribution in [0.2, 0.25) is 0 Å². The topological polar surface area (TPSA) is 98.9 Å². The zero-order chi connectivity index (χ0) is 28.0. The van der Waals surface area contributed by atoms with Crippen molar-refractivity contribution in [3.63, 3.8) is 0 Å². The fraction of sp³-hybridized carbons (Fsp3) is 0.333. The van der Waals surface area contributed by atoms with E-state index in [2.05, 4.69) is 55.7 Å². The van der Waals surface area contributed by atoms with Crippen molar-refractivity contribution >= 4 is 17.5 Å². The van der Waals surface area contributed by atoms with Gasteiger partial charge in [-0.05, 0) is 80.3 Å². The second-order valence-electron chi connectivity index (χ2n) is 10.9. The standard InChI is InChI=1S/C33H35N7O/c34-20-25-9-18-32(35-22-25)38-27-12-16-29(17-13-27)40(33(41)36-21-24-6-2-1-3-7-24)28-14-10-26(11-15-28)30-23-37-39-19-5-4-8-31(30)39/h1-3,6-7,9-11,14-15,18,22-23,27,29H,4-5,8,12-13,16-17,19,21H2,(H,35,38)(H,36,41). The number of anilines is 2. The molecule has 4 aromatic rings. The molecule has 2 N–H and O–H groups in total. The highest BCUT2D eigenvalue weighted by Gasteiger charge is 2.30. The van der Waals surface area contributed by atoms with Crippen molar-refractivity contribution in [2.75, 3.05) is 10.2 Å². The third-order valence-corrected chi connectivity index (χ3v) is 8.25. The molecule has 3 heterocycles. The minimum atomic E-state index is -0.0744. The summed E-state index contributed by atoms with van der Waals surface area (Å²) < 4.78 is 2.13. The van der Waals surface area contributed by atoms with Crippen molar-refractivity contribution in [3.8, 4) is 17.2 Å². The molecule has 0 atom stereocenters. The van der Waals surface area contributed by atoms with Gasteiger partial charge in [-0.2, -0.15) is 10.4 Å². The largest absolute Gasteiger partial charge is 0.367 e. The second kappa shape index (κ2) is 12.3. The Labute approximate surface area is 241 Å². The zero-order valence-electron chi connectivity index (χ0n) is 23.2. The maximum Gasteiger partial charge on any atom is 0.322 e. The van der Waals surface area contributed by atoms with Crippen LogP contribution >= 0.6 is 0 Å². The summed E-state index contributed by atoms with van der Waals surface area (Å²) in [5, 5.41) is 20.3. The Morgan fingerprint density at radius 1 is 0.976 bits per heavy atom. The van der Waals surface area contributed by atoms with Crippen molar-refractivity contribution in [1.29, 1.82) is 5.26 Å². The van der Waals surface area contributed by atoms with Crippen LogP contribution < -0.4 is 15.5 Å². The molecule has 8 nitrogen and oxygen atoms in total. The molecular weight excluding hydrogens is 510 g/mol. The number of pyridine rings is 1. The van der Waals surface area contributed by atoms with E-state index in [9.17, 15) is 4.79 Å². The van der Waals surface area contributed by atoms with Gasteiger partial charge in [0.1, 0.15) is 11.9 Å². The Morgan fingerprint density at radius 3 is 2.51 bits per heavy atom. The van der Waals surface area contributed by atoms with Crippen molar-refractivity contribution < 1.29 is 4.79 Å². The first kappa shape index (κ1) is 26.6. The van der Waals surface area contributed by atoms with Gasteiger partial charge in [-0.3, -0.25) is 9.58 Å². The van der Waals surface area contributed by atoms with Crippen LogP contribution in [0.25, 0.3) is 11.1 Å². The van der Waals surface area contributed by atoms with Gasteiger partial charge in [-0.1, -0.05) is 42.5 Å². The van der Waals surface area contributed by atoms with Crippen molar-refractivity contribution in [1.82, 2.24) is 20.1 Å². The predicted octanol–water partition coefficient (Wildman–Crippen LogP) is 6.29. The number of amides is 2. The summed E-state index contributed by atoms with van der Waals surface area (Å²) in [5.74, 6) is 0.780. The summed E-state index contributed by atoms with van der Waals surface area (Å²) in [7, 11) is 0. The molecule has 1 aliphatic carbocycles. The average molecular weight is 546 g/mol. The number of aromatic nitrogens is 3. The van der Waals surface area contributed by atoms with Crippen LogP contribution in [-0.2, 0) is 19.5 Å². The monoisotopic (exact) mass is 545 g/mol. The van der Waals surface area contributed by atoms with Crippen LogP contribution in [-0.4, -0.2) is 32.9 Å². The number of benzene rings is 2. The molecule has 2 amide bonds. The van der Waals surface area contributed by atoms with Gasteiger partial charge in [0.2, 0.25) is 0 Å². The molecule has 2 aromatic carbocycles. The van der Waals surface area contributed by atoms with Crippen LogP contribution in [0.1, 0.15) is 55.3 Å². The van der Waals surface area contributed by atoms with E-state index in [1.54, 1.807) is 12.3 Å². The fourth-order valence-electron chi connectivity index (χ4n) is 6.05. The molecule has 0 spiro atoms. The third kappa shape index (κ3) is 6.09. The normalized spacial score (nSPS) is 18.1. The van der Waals surface area contributed by atoms with E-state index in [1.807, 2.05) is 47.5 Å². The summed E-state index contributed by atoms with van der Waals surface area (Å²) in [6.45, 7) is 1.47. The van der Waals surface area contributed by atoms with Crippen LogP contribution in [0.15, 0.2) is 79.1 Å². The van der Waals surface area contributed by atoms with E-state index in [0.29, 0.717) is 12.1 Å². The fourth-order valence-corrected chi connectivity index (χ4v) is 6.05. The molecule has 6 rings (SSSR count). The Morgan fingerprint density at radius 2 is 1.78 bits per heavy atom. The SMILES string of the molecule is N#Cc1ccc(NC2CCC(N(C(=O)NCc3ccccc3)c3ccc(-c4cnn5c4CCCC5)cc3)CC2)nc1. The van der Waals surface area contributed by atoms with Gasteiger partial charge < -0.3 is 10.6 Å². The van der Waals surface area contributed by atoms with Gasteiger partial charge in [-0.15, -0.1) is 0 Å². The van der Waals surface area contributed by atoms with Gasteiger partial charge in [0, 0.05) is 48.3 Å². The van der Waals surface area contributed by atoms with Crippen molar-refractivity contribution in [2.24, 2.45) is 0 Å². The Kier molecular flexibility index (Phi) is 7.94. The van der Waals surface area contributed by atoms with E-state index in [0.717, 1.165) is 61.3 Å². The number of fused-ring (bicyclic) bond motifs is 1. The lowest BCUT2D eigenvalue weighted by atomic mass is 9.89. The van der Waals surface area contributed by atoms with Crippen molar-refractivity contribution in [3.05, 3.63) is 95.9 Å². The molecule has 0 saturated heterocycles. The third-order valence-electron chi connectivity index (χ3n) is 8.25. The van der Waals surface area contributed by atoms with Gasteiger partial charge >= 0.3 is 6.03 Å². The minimum Gasteiger partial charge on any atom is -0.367 e. The molecule has 8 heteroatoms. The molecule has 1 fully saturated rings. The molecule has 0 unspecified atom stereocenters. The zero-order valence-corrected chi connectivity index (χ0v) is 23.2. The molecule has 41 heavy (non-hydrogen) atoms. The lowest BCUT2D eigenvalue weighted by molar-refractivity contribution is 0.240. The van der Waals surface area contributed by atoms with Crippen LogP contribution in [0.3, 0.4) is 0 Å². The van der Waals surface area contributed by atoms with Gasteiger partial charge in [0.05, 0.1) is 11.8 Å². The van der Waals surface area contributed by atoms with E-state index < -0.39 is 0 Å². The summed E-state index contributed by atoms with van der Waals surface area (Å²) in [4.78, 5) is 20.0. The highest BCUT2D eigenvalue weighted by Crippen LogP contribution is 2.33. The van der Waals surface area contributed by atoms with Crippen LogP contribution in [0, 0.1) is 11.3 Å². The van der Waals surface area contributed by atoms with E-state index in [-0.39, 0.29) is 18.1 Å². The molecule has 0 bridgehead atoms. The number of nitriles is 1. The molecule has 2 aliphatic rings. The summed E-state index contributed by atoms with van der Waals surface area (Å²) in [6, 6.07) is 24.5. The van der Waals surface area contributed by atoms with Gasteiger partial charge in [0.15, 0.2) is 0 Å². The molecule has 208 valence electrons. The van der Waals surface area contributed by atoms with Gasteiger partial charge in [-0.25, -0.2) is 9.78 Å². The van der Waals surface area contributed by atoms with Crippen LogP contribution in [0.4, 0.5) is 16.3 Å². The quantitative estimate of drug-likeness (QED) is 0.284. The number of hydrogen-bond donors (Lipinski definition) is 2. The molecule has 0 radical (unpaired) electrons. The number of carbonyl (C=O) groups is 1. The van der Waals surface area contributed by atoms with E-state index in [1.165, 1.54) is 24.1 Å². The highest BCUT2D eigenvalue weighted by molar-refractivity contribution is 5.93. The maximum absolute atomic E-state index is 13.7. The second-order valence-corrected chi connectivity index (χ2v) is 10.9. The average Bonchev–Trinajstić information content (AvgIpc) is 3.47. The van der Waals surface area contributed by atoms with Gasteiger partial charge in [0.25, 0.3) is 0 Å². The smallest absolute Gasteiger partial charge is 0.322 e. The molecular formula is C33H35N7O. The maximum atomic E-state index is 13.7. The first-order valence-corrected chi connectivity index (χ1v) is 14.6. The highest BCUT2D eigenvalue weighted by atomic mass is 16.2. The summed E-state index contributed by atoms with van der Waals surface area (Å²) in [5.41, 5.74) is 6.18. The molecule has 1 aliphatic heterocycles. The van der Waals surface area contributed by atoms with E-state index in [4.69, 9.17) is 5.26 Å². The van der Waals surface area contributed by atoms with Crippen LogP contribution in [0.5, 0.6) is 0 Å².